The Kier molecular flexibility index (Phi) is 8.67. The minimum Gasteiger partial charge on any atom is -0.375 e. The van der Waals surface area contributed by atoms with Gasteiger partial charge >= 0.3 is 5.69 Å². The van der Waals surface area contributed by atoms with Crippen molar-refractivity contribution < 1.29 is 13.9 Å². The van der Waals surface area contributed by atoms with Crippen LogP contribution in [0.2, 0.25) is 0 Å². The molecule has 2 aromatic rings. The molecule has 0 N–H and O–H groups in total. The number of carbonyl (C=O) groups excluding carboxylic acids is 1. The van der Waals surface area contributed by atoms with Crippen molar-refractivity contribution in [2.75, 3.05) is 38.8 Å². The van der Waals surface area contributed by atoms with E-state index in [9.17, 15) is 14.0 Å². The van der Waals surface area contributed by atoms with Gasteiger partial charge in [0.15, 0.2) is 0 Å². The van der Waals surface area contributed by atoms with E-state index in [1.807, 2.05) is 27.8 Å². The number of hydrogen-bond acceptors (Lipinski definition) is 6. The molecule has 9 nitrogen and oxygen atoms in total. The third-order valence-corrected chi connectivity index (χ3v) is 5.17. The summed E-state index contributed by atoms with van der Waals surface area (Å²) >= 11 is 0. The number of halogens is 1. The lowest BCUT2D eigenvalue weighted by Gasteiger charge is -2.35. The molecule has 0 bridgehead atoms. The van der Waals surface area contributed by atoms with Crippen LogP contribution in [-0.2, 0) is 22.6 Å². The predicted octanol–water partition coefficient (Wildman–Crippen LogP) is 1.23. The maximum atomic E-state index is 14.4. The molecule has 166 valence electrons. The second-order valence-electron chi connectivity index (χ2n) is 7.43. The number of tetrazole rings is 1. The van der Waals surface area contributed by atoms with Crippen molar-refractivity contribution in [2.24, 2.45) is 5.92 Å². The number of rotatable bonds is 11. The van der Waals surface area contributed by atoms with Crippen molar-refractivity contribution in [3.05, 3.63) is 40.6 Å². The molecule has 1 aromatic heterocycles. The molecule has 0 unspecified atom stereocenters. The Labute approximate surface area is 176 Å². The molecule has 2 rings (SSSR count). The van der Waals surface area contributed by atoms with Crippen LogP contribution in [0.25, 0.3) is 0 Å². The van der Waals surface area contributed by atoms with E-state index in [0.29, 0.717) is 26.2 Å². The van der Waals surface area contributed by atoms with Crippen molar-refractivity contribution in [1.82, 2.24) is 24.7 Å². The van der Waals surface area contributed by atoms with Crippen molar-refractivity contribution in [3.63, 3.8) is 0 Å². The Morgan fingerprint density at radius 1 is 1.23 bits per heavy atom. The molecule has 0 radical (unpaired) electrons. The van der Waals surface area contributed by atoms with Crippen LogP contribution < -0.4 is 10.6 Å². The van der Waals surface area contributed by atoms with Gasteiger partial charge in [0.1, 0.15) is 12.4 Å². The zero-order valence-corrected chi connectivity index (χ0v) is 18.3. The zero-order valence-electron chi connectivity index (χ0n) is 18.3. The van der Waals surface area contributed by atoms with Gasteiger partial charge in [0.05, 0.1) is 12.2 Å². The predicted molar refractivity (Wildman–Crippen MR) is 112 cm³/mol. The van der Waals surface area contributed by atoms with Crippen molar-refractivity contribution in [3.8, 4) is 0 Å². The molecule has 1 amide bonds. The fourth-order valence-electron chi connectivity index (χ4n) is 3.32. The molecule has 0 saturated heterocycles. The lowest BCUT2D eigenvalue weighted by atomic mass is 10.00. The molecule has 0 spiro atoms. The molecular weight excluding hydrogens is 391 g/mol. The topological polar surface area (TPSA) is 85.5 Å². The highest BCUT2D eigenvalue weighted by Gasteiger charge is 2.28. The van der Waals surface area contributed by atoms with Crippen molar-refractivity contribution >= 4 is 11.6 Å². The van der Waals surface area contributed by atoms with Crippen molar-refractivity contribution in [1.29, 1.82) is 0 Å². The largest absolute Gasteiger partial charge is 0.375 e. The van der Waals surface area contributed by atoms with Gasteiger partial charge in [0.2, 0.25) is 0 Å². The van der Waals surface area contributed by atoms with E-state index >= 15 is 0 Å². The number of nitrogens with zero attached hydrogens (tertiary/aromatic N) is 6. The van der Waals surface area contributed by atoms with Crippen LogP contribution in [0.15, 0.2) is 29.1 Å². The summed E-state index contributed by atoms with van der Waals surface area (Å²) in [5, 5.41) is 7.69. The second kappa shape index (κ2) is 11.0. The van der Waals surface area contributed by atoms with Gasteiger partial charge in [-0.2, -0.15) is 9.36 Å². The molecular formula is C20H31FN6O3. The van der Waals surface area contributed by atoms with Gasteiger partial charge in [-0.25, -0.2) is 9.18 Å². The van der Waals surface area contributed by atoms with Crippen LogP contribution in [0.5, 0.6) is 0 Å². The number of aryl methyl sites for hydroxylation is 1. The average molecular weight is 423 g/mol. The molecule has 0 aliphatic carbocycles. The Balaban J connectivity index is 2.05. The Morgan fingerprint density at radius 3 is 2.50 bits per heavy atom. The molecule has 1 aromatic carbocycles. The highest BCUT2D eigenvalue weighted by atomic mass is 19.1. The van der Waals surface area contributed by atoms with Crippen LogP contribution >= 0.6 is 0 Å². The van der Waals surface area contributed by atoms with E-state index < -0.39 is 5.82 Å². The Bertz CT molecular complexity index is 883. The summed E-state index contributed by atoms with van der Waals surface area (Å²) in [6.07, 6.45) is 0. The number of likely N-dealkylation sites (N-methyl/N-ethyl adjacent to an activating group) is 1. The van der Waals surface area contributed by atoms with E-state index in [1.165, 1.54) is 27.4 Å². The average Bonchev–Trinajstić information content (AvgIpc) is 3.07. The van der Waals surface area contributed by atoms with Crippen molar-refractivity contribution in [2.45, 2.75) is 39.9 Å². The maximum absolute atomic E-state index is 14.4. The van der Waals surface area contributed by atoms with Crippen LogP contribution in [0.1, 0.15) is 20.8 Å². The summed E-state index contributed by atoms with van der Waals surface area (Å²) in [6, 6.07) is 5.97. The molecule has 0 fully saturated rings. The van der Waals surface area contributed by atoms with Gasteiger partial charge in [-0.3, -0.25) is 4.79 Å². The number of anilines is 1. The molecule has 10 heteroatoms. The molecule has 0 aliphatic heterocycles. The first kappa shape index (κ1) is 23.7. The van der Waals surface area contributed by atoms with E-state index in [1.54, 1.807) is 18.2 Å². The summed E-state index contributed by atoms with van der Waals surface area (Å²) in [6.45, 7) is 7.73. The van der Waals surface area contributed by atoms with Gasteiger partial charge in [-0.05, 0) is 49.4 Å². The maximum Gasteiger partial charge on any atom is 0.363 e. The highest BCUT2D eigenvalue weighted by Crippen LogP contribution is 2.25. The third-order valence-electron chi connectivity index (χ3n) is 5.17. The van der Waals surface area contributed by atoms with Crippen LogP contribution in [0.3, 0.4) is 0 Å². The van der Waals surface area contributed by atoms with Crippen LogP contribution in [0.4, 0.5) is 10.1 Å². The number of ether oxygens (including phenoxy) is 1. The monoisotopic (exact) mass is 422 g/mol. The fraction of sp³-hybridized carbons (Fsp3) is 0.600. The number of amides is 1. The zero-order chi connectivity index (χ0) is 22.3. The first-order valence-corrected chi connectivity index (χ1v) is 10.0. The summed E-state index contributed by atoms with van der Waals surface area (Å²) in [4.78, 5) is 28.2. The summed E-state index contributed by atoms with van der Waals surface area (Å²) in [7, 11) is 3.37. The molecule has 2 atom stereocenters. The third kappa shape index (κ3) is 5.73. The molecule has 30 heavy (non-hydrogen) atoms. The second-order valence-corrected chi connectivity index (χ2v) is 7.43. The first-order chi connectivity index (χ1) is 14.3. The summed E-state index contributed by atoms with van der Waals surface area (Å²) in [5.41, 5.74) is 0.00694. The van der Waals surface area contributed by atoms with Crippen LogP contribution in [-0.4, -0.2) is 70.5 Å². The minimum atomic E-state index is -0.451. The van der Waals surface area contributed by atoms with Gasteiger partial charge in [-0.15, -0.1) is 0 Å². The van der Waals surface area contributed by atoms with E-state index in [4.69, 9.17) is 4.74 Å². The summed E-state index contributed by atoms with van der Waals surface area (Å²) in [5.74, 6) is -0.724. The van der Waals surface area contributed by atoms with E-state index in [2.05, 4.69) is 15.3 Å². The Hall–Kier alpha value is -2.59. The number of aromatic nitrogens is 4. The quantitative estimate of drug-likeness (QED) is 0.542. The van der Waals surface area contributed by atoms with Gasteiger partial charge in [-0.1, -0.05) is 19.1 Å². The lowest BCUT2D eigenvalue weighted by Crippen LogP contribution is -2.47. The normalized spacial score (nSPS) is 13.4. The van der Waals surface area contributed by atoms with Gasteiger partial charge in [0, 0.05) is 32.8 Å². The summed E-state index contributed by atoms with van der Waals surface area (Å²) < 4.78 is 22.0. The number of hydrogen-bond donors (Lipinski definition) is 0. The SMILES string of the molecule is CCn1nnn(CCN(C)C[C@@H](C)[C@H](C)N(C(=O)COC)c2ccccc2F)c1=O. The smallest absolute Gasteiger partial charge is 0.363 e. The first-order valence-electron chi connectivity index (χ1n) is 10.0. The van der Waals surface area contributed by atoms with Crippen LogP contribution in [0, 0.1) is 11.7 Å². The molecule has 0 aliphatic rings. The number of benzene rings is 1. The van der Waals surface area contributed by atoms with Gasteiger partial charge in [0.25, 0.3) is 5.91 Å². The molecule has 1 heterocycles. The Morgan fingerprint density at radius 2 is 1.90 bits per heavy atom. The standard InChI is InChI=1S/C20H31FN6O3/c1-6-25-20(29)26(23-22-25)12-11-24(4)13-15(2)16(3)27(19(28)14-30-5)18-10-8-7-9-17(18)21/h7-10,15-16H,6,11-14H2,1-5H3/t15-,16+/m1/s1. The minimum absolute atomic E-state index is 0.0264. The van der Waals surface area contributed by atoms with E-state index in [-0.39, 0.29) is 35.9 Å². The molecule has 0 saturated carbocycles. The lowest BCUT2D eigenvalue weighted by molar-refractivity contribution is -0.122. The fourth-order valence-corrected chi connectivity index (χ4v) is 3.32. The number of methoxy groups -OCH3 is 1. The highest BCUT2D eigenvalue weighted by molar-refractivity contribution is 5.95. The van der Waals surface area contributed by atoms with Gasteiger partial charge < -0.3 is 14.5 Å². The number of carbonyl (C=O) groups is 1. The number of para-hydroxylation sites is 1. The van der Waals surface area contributed by atoms with E-state index in [0.717, 1.165) is 0 Å².